The molecule has 2 rings (SSSR count). The lowest BCUT2D eigenvalue weighted by molar-refractivity contribution is 0.203. The van der Waals surface area contributed by atoms with E-state index in [1.54, 1.807) is 0 Å². The summed E-state index contributed by atoms with van der Waals surface area (Å²) in [6.07, 6.45) is 2.61. The van der Waals surface area contributed by atoms with Crippen LogP contribution in [0.15, 0.2) is 0 Å². The minimum Gasteiger partial charge on any atom is -0.314 e. The molecule has 2 heterocycles. The summed E-state index contributed by atoms with van der Waals surface area (Å²) in [6, 6.07) is 0.683. The van der Waals surface area contributed by atoms with Crippen molar-refractivity contribution in [1.82, 2.24) is 10.2 Å². The summed E-state index contributed by atoms with van der Waals surface area (Å²) in [5.74, 6) is 2.63. The lowest BCUT2D eigenvalue weighted by Gasteiger charge is -2.34. The van der Waals surface area contributed by atoms with Gasteiger partial charge in [-0.1, -0.05) is 0 Å². The number of hydrogen-bond acceptors (Lipinski definition) is 3. The van der Waals surface area contributed by atoms with Crippen LogP contribution in [0.3, 0.4) is 0 Å². The SMILES string of the molecule is CC1CC(CN2CCS(=O)CC2)CCN1. The topological polar surface area (TPSA) is 32.3 Å². The van der Waals surface area contributed by atoms with Gasteiger partial charge in [-0.3, -0.25) is 4.21 Å². The largest absolute Gasteiger partial charge is 0.314 e. The van der Waals surface area contributed by atoms with Crippen LogP contribution in [0.1, 0.15) is 19.8 Å². The minimum atomic E-state index is -0.528. The van der Waals surface area contributed by atoms with Crippen molar-refractivity contribution in [2.75, 3.05) is 37.7 Å². The average Bonchev–Trinajstić information content (AvgIpc) is 2.22. The van der Waals surface area contributed by atoms with Gasteiger partial charge in [-0.2, -0.15) is 0 Å². The average molecular weight is 230 g/mol. The van der Waals surface area contributed by atoms with E-state index in [9.17, 15) is 4.21 Å². The molecule has 0 spiro atoms. The zero-order valence-corrected chi connectivity index (χ0v) is 10.4. The molecular weight excluding hydrogens is 208 g/mol. The zero-order valence-electron chi connectivity index (χ0n) is 9.58. The molecule has 0 aromatic rings. The number of rotatable bonds is 2. The van der Waals surface area contributed by atoms with Gasteiger partial charge in [0.2, 0.25) is 0 Å². The van der Waals surface area contributed by atoms with Gasteiger partial charge >= 0.3 is 0 Å². The van der Waals surface area contributed by atoms with Crippen molar-refractivity contribution in [3.63, 3.8) is 0 Å². The maximum absolute atomic E-state index is 11.2. The molecule has 0 aliphatic carbocycles. The van der Waals surface area contributed by atoms with E-state index in [-0.39, 0.29) is 0 Å². The van der Waals surface area contributed by atoms with E-state index in [0.717, 1.165) is 30.5 Å². The summed E-state index contributed by atoms with van der Waals surface area (Å²) in [4.78, 5) is 2.50. The predicted octanol–water partition coefficient (Wildman–Crippen LogP) is 0.439. The van der Waals surface area contributed by atoms with Gasteiger partial charge in [-0.05, 0) is 32.2 Å². The second-order valence-electron chi connectivity index (χ2n) is 4.89. The van der Waals surface area contributed by atoms with Gasteiger partial charge in [-0.25, -0.2) is 0 Å². The molecule has 15 heavy (non-hydrogen) atoms. The molecule has 2 atom stereocenters. The third-order valence-electron chi connectivity index (χ3n) is 3.52. The fraction of sp³-hybridized carbons (Fsp3) is 1.00. The third kappa shape index (κ3) is 3.54. The first-order valence-electron chi connectivity index (χ1n) is 6.05. The quantitative estimate of drug-likeness (QED) is 0.747. The Kier molecular flexibility index (Phi) is 4.17. The van der Waals surface area contributed by atoms with Crippen LogP contribution in [0.2, 0.25) is 0 Å². The molecule has 2 fully saturated rings. The Morgan fingerprint density at radius 3 is 2.80 bits per heavy atom. The first kappa shape index (κ1) is 11.6. The third-order valence-corrected chi connectivity index (χ3v) is 4.79. The van der Waals surface area contributed by atoms with Crippen molar-refractivity contribution in [3.8, 4) is 0 Å². The van der Waals surface area contributed by atoms with Crippen molar-refractivity contribution < 1.29 is 4.21 Å². The molecule has 4 heteroatoms. The predicted molar refractivity (Wildman–Crippen MR) is 64.5 cm³/mol. The molecule has 0 bridgehead atoms. The van der Waals surface area contributed by atoms with Crippen molar-refractivity contribution in [1.29, 1.82) is 0 Å². The summed E-state index contributed by atoms with van der Waals surface area (Å²) >= 11 is 0. The van der Waals surface area contributed by atoms with E-state index in [4.69, 9.17) is 0 Å². The summed E-state index contributed by atoms with van der Waals surface area (Å²) in [5.41, 5.74) is 0. The Morgan fingerprint density at radius 2 is 2.13 bits per heavy atom. The first-order valence-corrected chi connectivity index (χ1v) is 7.53. The molecule has 2 saturated heterocycles. The maximum Gasteiger partial charge on any atom is 0.0363 e. The molecule has 88 valence electrons. The van der Waals surface area contributed by atoms with Crippen molar-refractivity contribution in [2.45, 2.75) is 25.8 Å². The van der Waals surface area contributed by atoms with Gasteiger partial charge in [0.15, 0.2) is 0 Å². The van der Waals surface area contributed by atoms with Gasteiger partial charge in [-0.15, -0.1) is 0 Å². The molecule has 3 nitrogen and oxygen atoms in total. The van der Waals surface area contributed by atoms with Gasteiger partial charge < -0.3 is 10.2 Å². The minimum absolute atomic E-state index is 0.528. The normalized spacial score (nSPS) is 35.5. The van der Waals surface area contributed by atoms with Crippen LogP contribution < -0.4 is 5.32 Å². The highest BCUT2D eigenvalue weighted by atomic mass is 32.2. The number of nitrogens with zero attached hydrogens (tertiary/aromatic N) is 1. The lowest BCUT2D eigenvalue weighted by atomic mass is 9.93. The van der Waals surface area contributed by atoms with Crippen LogP contribution in [-0.4, -0.2) is 52.8 Å². The van der Waals surface area contributed by atoms with Gasteiger partial charge in [0.1, 0.15) is 0 Å². The molecule has 0 aromatic carbocycles. The highest BCUT2D eigenvalue weighted by molar-refractivity contribution is 7.85. The number of hydrogen-bond donors (Lipinski definition) is 1. The van der Waals surface area contributed by atoms with Crippen LogP contribution >= 0.6 is 0 Å². The van der Waals surface area contributed by atoms with Gasteiger partial charge in [0, 0.05) is 48.0 Å². The van der Waals surface area contributed by atoms with Gasteiger partial charge in [0.05, 0.1) is 0 Å². The Morgan fingerprint density at radius 1 is 1.40 bits per heavy atom. The Bertz CT molecular complexity index is 225. The molecule has 0 saturated carbocycles. The molecule has 2 unspecified atom stereocenters. The van der Waals surface area contributed by atoms with Crippen LogP contribution in [-0.2, 0) is 10.8 Å². The first-order chi connectivity index (χ1) is 7.24. The Balaban J connectivity index is 1.74. The lowest BCUT2D eigenvalue weighted by Crippen LogP contribution is -2.44. The summed E-state index contributed by atoms with van der Waals surface area (Å²) in [7, 11) is -0.528. The number of piperidine rings is 1. The Hall–Kier alpha value is 0.0700. The fourth-order valence-corrected chi connectivity index (χ4v) is 3.75. The van der Waals surface area contributed by atoms with E-state index in [2.05, 4.69) is 17.1 Å². The standard InChI is InChI=1S/C11H22N2OS/c1-10-8-11(2-3-12-10)9-13-4-6-15(14)7-5-13/h10-12H,2-9H2,1H3. The summed E-state index contributed by atoms with van der Waals surface area (Å²) in [6.45, 7) is 6.77. The smallest absolute Gasteiger partial charge is 0.0363 e. The molecule has 0 aromatic heterocycles. The van der Waals surface area contributed by atoms with Crippen molar-refractivity contribution >= 4 is 10.8 Å². The molecule has 0 radical (unpaired) electrons. The Labute approximate surface area is 95.1 Å². The van der Waals surface area contributed by atoms with Crippen LogP contribution in [0, 0.1) is 5.92 Å². The zero-order chi connectivity index (χ0) is 10.7. The van der Waals surface area contributed by atoms with Gasteiger partial charge in [0.25, 0.3) is 0 Å². The van der Waals surface area contributed by atoms with Crippen molar-refractivity contribution in [3.05, 3.63) is 0 Å². The van der Waals surface area contributed by atoms with E-state index in [1.807, 2.05) is 0 Å². The van der Waals surface area contributed by atoms with Crippen LogP contribution in [0.5, 0.6) is 0 Å². The summed E-state index contributed by atoms with van der Waals surface area (Å²) < 4.78 is 11.2. The molecule has 1 N–H and O–H groups in total. The second kappa shape index (κ2) is 5.41. The summed E-state index contributed by atoms with van der Waals surface area (Å²) in [5, 5.41) is 3.49. The fourth-order valence-electron chi connectivity index (χ4n) is 2.62. The van der Waals surface area contributed by atoms with Crippen molar-refractivity contribution in [2.24, 2.45) is 5.92 Å². The van der Waals surface area contributed by atoms with E-state index < -0.39 is 10.8 Å². The number of nitrogens with one attached hydrogen (secondary N) is 1. The van der Waals surface area contributed by atoms with Crippen LogP contribution in [0.25, 0.3) is 0 Å². The van der Waals surface area contributed by atoms with E-state index >= 15 is 0 Å². The van der Waals surface area contributed by atoms with Crippen LogP contribution in [0.4, 0.5) is 0 Å². The molecule has 0 amide bonds. The monoisotopic (exact) mass is 230 g/mol. The van der Waals surface area contributed by atoms with E-state index in [1.165, 1.54) is 25.9 Å². The molecule has 2 aliphatic rings. The highest BCUT2D eigenvalue weighted by Crippen LogP contribution is 2.18. The van der Waals surface area contributed by atoms with E-state index in [0.29, 0.717) is 6.04 Å². The molecule has 2 aliphatic heterocycles. The second-order valence-corrected chi connectivity index (χ2v) is 6.59. The maximum atomic E-state index is 11.2. The highest BCUT2D eigenvalue weighted by Gasteiger charge is 2.22. The molecular formula is C11H22N2OS.